The molecule has 2 aromatic rings. The van der Waals surface area contributed by atoms with E-state index >= 15 is 0 Å². The monoisotopic (exact) mass is 419 g/mol. The number of amides is 2. The molecule has 2 N–H and O–H groups in total. The standard InChI is InChI=1S/C19H21N3O4S2/c1-22(12-19(24)21-16-5-3-4-6-17(16)27-2)28(25,26)14-8-9-15-13(11-14)7-10-18(23)20-15/h3-6,8-9,11H,7,10,12H2,1-2H3,(H,20,23)(H,21,24). The van der Waals surface area contributed by atoms with Gasteiger partial charge >= 0.3 is 0 Å². The highest BCUT2D eigenvalue weighted by atomic mass is 32.2. The molecule has 3 rings (SSSR count). The Kier molecular flexibility index (Phi) is 6.07. The van der Waals surface area contributed by atoms with Crippen LogP contribution < -0.4 is 10.6 Å². The van der Waals surface area contributed by atoms with E-state index in [1.54, 1.807) is 18.2 Å². The van der Waals surface area contributed by atoms with Crippen molar-refractivity contribution in [1.29, 1.82) is 0 Å². The maximum Gasteiger partial charge on any atom is 0.243 e. The third-order valence-electron chi connectivity index (χ3n) is 4.43. The largest absolute Gasteiger partial charge is 0.326 e. The van der Waals surface area contributed by atoms with Gasteiger partial charge in [0.25, 0.3) is 0 Å². The van der Waals surface area contributed by atoms with Gasteiger partial charge in [0, 0.05) is 24.1 Å². The quantitative estimate of drug-likeness (QED) is 0.702. The minimum Gasteiger partial charge on any atom is -0.326 e. The van der Waals surface area contributed by atoms with Crippen molar-refractivity contribution in [2.75, 3.05) is 30.5 Å². The molecule has 9 heteroatoms. The molecule has 0 atom stereocenters. The van der Waals surface area contributed by atoms with Gasteiger partial charge in [-0.25, -0.2) is 8.42 Å². The van der Waals surface area contributed by atoms with Gasteiger partial charge in [0.2, 0.25) is 21.8 Å². The Hall–Kier alpha value is -2.36. The minimum atomic E-state index is -3.83. The number of nitrogens with one attached hydrogen (secondary N) is 2. The lowest BCUT2D eigenvalue weighted by atomic mass is 10.0. The average molecular weight is 420 g/mol. The Morgan fingerprint density at radius 2 is 1.96 bits per heavy atom. The van der Waals surface area contributed by atoms with Crippen LogP contribution in [0.5, 0.6) is 0 Å². The molecule has 1 aliphatic heterocycles. The molecule has 0 spiro atoms. The van der Waals surface area contributed by atoms with Crippen LogP contribution in [0.3, 0.4) is 0 Å². The Bertz CT molecular complexity index is 1020. The van der Waals surface area contributed by atoms with Crippen LogP contribution in [0.4, 0.5) is 11.4 Å². The molecule has 0 saturated carbocycles. The van der Waals surface area contributed by atoms with Crippen molar-refractivity contribution in [3.8, 4) is 0 Å². The van der Waals surface area contributed by atoms with Crippen molar-refractivity contribution >= 4 is 45.0 Å². The van der Waals surface area contributed by atoms with E-state index in [4.69, 9.17) is 0 Å². The number of rotatable bonds is 6. The molecule has 2 aromatic carbocycles. The van der Waals surface area contributed by atoms with E-state index in [2.05, 4.69) is 10.6 Å². The van der Waals surface area contributed by atoms with E-state index in [0.717, 1.165) is 14.8 Å². The van der Waals surface area contributed by atoms with Gasteiger partial charge in [-0.3, -0.25) is 9.59 Å². The number of nitrogens with zero attached hydrogens (tertiary/aromatic N) is 1. The summed E-state index contributed by atoms with van der Waals surface area (Å²) in [5, 5.41) is 5.48. The lowest BCUT2D eigenvalue weighted by Crippen LogP contribution is -2.35. The number of hydrogen-bond donors (Lipinski definition) is 2. The predicted molar refractivity (Wildman–Crippen MR) is 110 cm³/mol. The first-order valence-corrected chi connectivity index (χ1v) is 11.3. The van der Waals surface area contributed by atoms with Gasteiger partial charge in [0.15, 0.2) is 0 Å². The third kappa shape index (κ3) is 4.37. The highest BCUT2D eigenvalue weighted by Gasteiger charge is 2.25. The number of anilines is 2. The van der Waals surface area contributed by atoms with Gasteiger partial charge in [-0.1, -0.05) is 12.1 Å². The topological polar surface area (TPSA) is 95.6 Å². The molecule has 0 aliphatic carbocycles. The summed E-state index contributed by atoms with van der Waals surface area (Å²) in [6.07, 6.45) is 2.71. The van der Waals surface area contributed by atoms with Crippen molar-refractivity contribution in [3.63, 3.8) is 0 Å². The summed E-state index contributed by atoms with van der Waals surface area (Å²) in [7, 11) is -2.46. The molecule has 0 bridgehead atoms. The van der Waals surface area contributed by atoms with Gasteiger partial charge < -0.3 is 10.6 Å². The number of benzene rings is 2. The third-order valence-corrected chi connectivity index (χ3v) is 7.02. The Morgan fingerprint density at radius 3 is 2.71 bits per heavy atom. The molecule has 2 amide bonds. The predicted octanol–water partition coefficient (Wildman–Crippen LogP) is 2.55. The number of hydrogen-bond acceptors (Lipinski definition) is 5. The van der Waals surface area contributed by atoms with Crippen LogP contribution in [0.15, 0.2) is 52.3 Å². The first kappa shape index (κ1) is 20.4. The van der Waals surface area contributed by atoms with Crippen LogP contribution in [-0.2, 0) is 26.0 Å². The smallest absolute Gasteiger partial charge is 0.243 e. The summed E-state index contributed by atoms with van der Waals surface area (Å²) < 4.78 is 26.7. The fourth-order valence-electron chi connectivity index (χ4n) is 2.93. The molecule has 28 heavy (non-hydrogen) atoms. The number of sulfonamides is 1. The van der Waals surface area contributed by atoms with Crippen LogP contribution in [-0.4, -0.2) is 44.4 Å². The van der Waals surface area contributed by atoms with Crippen molar-refractivity contribution in [2.45, 2.75) is 22.6 Å². The van der Waals surface area contributed by atoms with Crippen LogP contribution in [0, 0.1) is 0 Å². The number of fused-ring (bicyclic) bond motifs is 1. The summed E-state index contributed by atoms with van der Waals surface area (Å²) in [4.78, 5) is 24.8. The fourth-order valence-corrected chi connectivity index (χ4v) is 4.66. The first-order valence-electron chi connectivity index (χ1n) is 8.63. The molecule has 0 unspecified atom stereocenters. The molecule has 0 radical (unpaired) electrons. The van der Waals surface area contributed by atoms with Gasteiger partial charge in [-0.2, -0.15) is 4.31 Å². The zero-order valence-electron chi connectivity index (χ0n) is 15.6. The zero-order chi connectivity index (χ0) is 20.3. The lowest BCUT2D eigenvalue weighted by Gasteiger charge is -2.20. The first-order chi connectivity index (χ1) is 13.3. The lowest BCUT2D eigenvalue weighted by molar-refractivity contribution is -0.117. The number of likely N-dealkylation sites (N-methyl/N-ethyl adjacent to an activating group) is 1. The van der Waals surface area contributed by atoms with Crippen LogP contribution in [0.2, 0.25) is 0 Å². The van der Waals surface area contributed by atoms with Crippen LogP contribution in [0.25, 0.3) is 0 Å². The Labute approximate surface area is 168 Å². The van der Waals surface area contributed by atoms with Gasteiger partial charge in [-0.05, 0) is 48.6 Å². The highest BCUT2D eigenvalue weighted by Crippen LogP contribution is 2.27. The Morgan fingerprint density at radius 1 is 1.21 bits per heavy atom. The van der Waals surface area contributed by atoms with Gasteiger partial charge in [0.1, 0.15) is 0 Å². The summed E-state index contributed by atoms with van der Waals surface area (Å²) >= 11 is 1.50. The maximum absolute atomic E-state index is 12.8. The van der Waals surface area contributed by atoms with E-state index in [1.807, 2.05) is 24.5 Å². The molecule has 148 valence electrons. The summed E-state index contributed by atoms with van der Waals surface area (Å²) in [5.74, 6) is -0.500. The second-order valence-electron chi connectivity index (χ2n) is 6.38. The molecule has 1 aliphatic rings. The van der Waals surface area contributed by atoms with Crippen molar-refractivity contribution < 1.29 is 18.0 Å². The average Bonchev–Trinajstić information content (AvgIpc) is 2.67. The molecule has 1 heterocycles. The second-order valence-corrected chi connectivity index (χ2v) is 9.27. The number of carbonyl (C=O) groups excluding carboxylic acids is 2. The summed E-state index contributed by atoms with van der Waals surface area (Å²) in [5.41, 5.74) is 2.05. The number of carbonyl (C=O) groups is 2. The van der Waals surface area contributed by atoms with Gasteiger partial charge in [0.05, 0.1) is 17.1 Å². The maximum atomic E-state index is 12.8. The van der Waals surface area contributed by atoms with Crippen molar-refractivity contribution in [2.24, 2.45) is 0 Å². The molecule has 0 aromatic heterocycles. The fraction of sp³-hybridized carbons (Fsp3) is 0.263. The second kappa shape index (κ2) is 8.34. The number of aryl methyl sites for hydroxylation is 1. The molecular formula is C19H21N3O4S2. The highest BCUT2D eigenvalue weighted by molar-refractivity contribution is 7.98. The minimum absolute atomic E-state index is 0.0811. The van der Waals surface area contributed by atoms with E-state index in [-0.39, 0.29) is 17.3 Å². The SMILES string of the molecule is CSc1ccccc1NC(=O)CN(C)S(=O)(=O)c1ccc2c(c1)CCC(=O)N2. The van der Waals surface area contributed by atoms with Crippen molar-refractivity contribution in [1.82, 2.24) is 4.31 Å². The molecule has 0 saturated heterocycles. The van der Waals surface area contributed by atoms with E-state index in [9.17, 15) is 18.0 Å². The number of thioether (sulfide) groups is 1. The normalized spacial score (nSPS) is 13.8. The molecule has 0 fully saturated rings. The Balaban J connectivity index is 1.73. The van der Waals surface area contributed by atoms with E-state index in [0.29, 0.717) is 24.2 Å². The molecule has 7 nitrogen and oxygen atoms in total. The zero-order valence-corrected chi connectivity index (χ0v) is 17.2. The van der Waals surface area contributed by atoms with Crippen LogP contribution >= 0.6 is 11.8 Å². The number of para-hydroxylation sites is 1. The summed E-state index contributed by atoms with van der Waals surface area (Å²) in [6, 6.07) is 11.9. The molecular weight excluding hydrogens is 398 g/mol. The van der Waals surface area contributed by atoms with Crippen LogP contribution in [0.1, 0.15) is 12.0 Å². The van der Waals surface area contributed by atoms with Gasteiger partial charge in [-0.15, -0.1) is 11.8 Å². The van der Waals surface area contributed by atoms with E-state index in [1.165, 1.54) is 24.9 Å². The summed E-state index contributed by atoms with van der Waals surface area (Å²) in [6.45, 7) is -0.307. The van der Waals surface area contributed by atoms with E-state index < -0.39 is 15.9 Å². The van der Waals surface area contributed by atoms with Crippen molar-refractivity contribution in [3.05, 3.63) is 48.0 Å².